The molecule has 1 N–H and O–H groups in total. The number of sulfone groups is 1. The van der Waals surface area contributed by atoms with E-state index in [-0.39, 0.29) is 6.54 Å². The third-order valence-electron chi connectivity index (χ3n) is 2.51. The monoisotopic (exact) mass is 249 g/mol. The average molecular weight is 249 g/mol. The summed E-state index contributed by atoms with van der Waals surface area (Å²) in [4.78, 5) is 23.6. The van der Waals surface area contributed by atoms with Gasteiger partial charge in [-0.25, -0.2) is 8.42 Å². The Hall–Kier alpha value is -1.11. The first-order valence-electron chi connectivity index (χ1n) is 4.98. The first-order valence-corrected chi connectivity index (χ1v) is 7.04. The van der Waals surface area contributed by atoms with E-state index >= 15 is 0 Å². The van der Waals surface area contributed by atoms with Gasteiger partial charge < -0.3 is 10.0 Å². The zero-order chi connectivity index (χ0) is 12.3. The van der Waals surface area contributed by atoms with Gasteiger partial charge in [-0.2, -0.15) is 0 Å². The number of carboxylic acid groups (broad SMARTS) is 1. The number of rotatable bonds is 3. The van der Waals surface area contributed by atoms with E-state index in [1.54, 1.807) is 0 Å². The van der Waals surface area contributed by atoms with Crippen LogP contribution in [0.25, 0.3) is 0 Å². The number of carbonyl (C=O) groups excluding carboxylic acids is 1. The van der Waals surface area contributed by atoms with Gasteiger partial charge in [0.25, 0.3) is 0 Å². The van der Waals surface area contributed by atoms with Crippen molar-refractivity contribution < 1.29 is 23.1 Å². The molecule has 1 amide bonds. The van der Waals surface area contributed by atoms with Crippen LogP contribution in [0, 0.1) is 5.92 Å². The van der Waals surface area contributed by atoms with Gasteiger partial charge in [0.2, 0.25) is 5.91 Å². The highest BCUT2D eigenvalue weighted by Crippen LogP contribution is 2.16. The molecule has 0 aromatic heterocycles. The third kappa shape index (κ3) is 3.80. The first-order chi connectivity index (χ1) is 7.29. The molecule has 7 heteroatoms. The molecule has 0 aromatic carbocycles. The molecule has 1 atom stereocenters. The molecule has 0 unspecified atom stereocenters. The molecule has 0 radical (unpaired) electrons. The van der Waals surface area contributed by atoms with Crippen molar-refractivity contribution in [1.82, 2.24) is 4.90 Å². The Balaban J connectivity index is 2.60. The molecule has 1 rings (SSSR count). The Bertz CT molecular complexity index is 389. The summed E-state index contributed by atoms with van der Waals surface area (Å²) in [5.41, 5.74) is 0. The maximum Gasteiger partial charge on any atom is 0.308 e. The summed E-state index contributed by atoms with van der Waals surface area (Å²) in [6.45, 7) is 0.557. The maximum absolute atomic E-state index is 11.5. The summed E-state index contributed by atoms with van der Waals surface area (Å²) in [6, 6.07) is 0. The van der Waals surface area contributed by atoms with Crippen molar-refractivity contribution in [1.29, 1.82) is 0 Å². The molecular weight excluding hydrogens is 234 g/mol. The minimum atomic E-state index is -3.35. The van der Waals surface area contributed by atoms with E-state index in [0.29, 0.717) is 19.4 Å². The Labute approximate surface area is 94.2 Å². The van der Waals surface area contributed by atoms with E-state index in [9.17, 15) is 18.0 Å². The molecule has 1 aliphatic heterocycles. The van der Waals surface area contributed by atoms with Gasteiger partial charge in [-0.15, -0.1) is 0 Å². The van der Waals surface area contributed by atoms with Crippen LogP contribution in [0.15, 0.2) is 0 Å². The van der Waals surface area contributed by atoms with Gasteiger partial charge in [-0.3, -0.25) is 9.59 Å². The van der Waals surface area contributed by atoms with Crippen LogP contribution >= 0.6 is 0 Å². The van der Waals surface area contributed by atoms with Crippen molar-refractivity contribution in [2.45, 2.75) is 12.8 Å². The highest BCUT2D eigenvalue weighted by atomic mass is 32.2. The van der Waals surface area contributed by atoms with Gasteiger partial charge in [-0.1, -0.05) is 0 Å². The maximum atomic E-state index is 11.5. The minimum absolute atomic E-state index is 0.115. The molecule has 0 aliphatic carbocycles. The largest absolute Gasteiger partial charge is 0.481 e. The van der Waals surface area contributed by atoms with E-state index in [0.717, 1.165) is 6.26 Å². The molecule has 0 saturated carbocycles. The SMILES string of the molecule is CS(=O)(=O)CC(=O)N1CCC[C@@H](C(=O)O)C1. The number of likely N-dealkylation sites (tertiary alicyclic amines) is 1. The number of aliphatic carboxylic acids is 1. The lowest BCUT2D eigenvalue weighted by atomic mass is 9.98. The molecule has 1 saturated heterocycles. The molecule has 6 nitrogen and oxygen atoms in total. The Kier molecular flexibility index (Phi) is 3.90. The third-order valence-corrected chi connectivity index (χ3v) is 3.28. The van der Waals surface area contributed by atoms with Crippen molar-refractivity contribution in [3.63, 3.8) is 0 Å². The number of hydrogen-bond acceptors (Lipinski definition) is 4. The number of carbonyl (C=O) groups is 2. The minimum Gasteiger partial charge on any atom is -0.481 e. The van der Waals surface area contributed by atoms with Crippen LogP contribution in [0.5, 0.6) is 0 Å². The standard InChI is InChI=1S/C9H15NO5S/c1-16(14,15)6-8(11)10-4-2-3-7(5-10)9(12)13/h7H,2-6H2,1H3,(H,12,13)/t7-/m1/s1. The summed E-state index contributed by atoms with van der Waals surface area (Å²) in [5.74, 6) is -2.55. The fourth-order valence-corrected chi connectivity index (χ4v) is 2.35. The number of amides is 1. The van der Waals surface area contributed by atoms with E-state index in [4.69, 9.17) is 5.11 Å². The second kappa shape index (κ2) is 4.82. The molecule has 0 spiro atoms. The van der Waals surface area contributed by atoms with E-state index < -0.39 is 33.4 Å². The molecule has 1 fully saturated rings. The summed E-state index contributed by atoms with van der Waals surface area (Å²) >= 11 is 0. The smallest absolute Gasteiger partial charge is 0.308 e. The average Bonchev–Trinajstić information content (AvgIpc) is 2.15. The normalized spacial score (nSPS) is 21.8. The number of piperidine rings is 1. The zero-order valence-corrected chi connectivity index (χ0v) is 9.87. The predicted octanol–water partition coefficient (Wildman–Crippen LogP) is -0.646. The van der Waals surface area contributed by atoms with E-state index in [1.165, 1.54) is 4.90 Å². The Morgan fingerprint density at radius 2 is 2.06 bits per heavy atom. The van der Waals surface area contributed by atoms with Crippen LogP contribution in [0.1, 0.15) is 12.8 Å². The van der Waals surface area contributed by atoms with Gasteiger partial charge in [0.1, 0.15) is 5.75 Å². The summed E-state index contributed by atoms with van der Waals surface area (Å²) < 4.78 is 21.9. The lowest BCUT2D eigenvalue weighted by molar-refractivity contribution is -0.145. The number of carboxylic acids is 1. The lowest BCUT2D eigenvalue weighted by Gasteiger charge is -2.30. The quantitative estimate of drug-likeness (QED) is 0.718. The zero-order valence-electron chi connectivity index (χ0n) is 9.05. The molecule has 0 aromatic rings. The molecule has 16 heavy (non-hydrogen) atoms. The van der Waals surface area contributed by atoms with Crippen LogP contribution in [0.2, 0.25) is 0 Å². The van der Waals surface area contributed by atoms with Crippen molar-refractivity contribution in [3.05, 3.63) is 0 Å². The van der Waals surface area contributed by atoms with Crippen LogP contribution in [-0.4, -0.2) is 55.4 Å². The van der Waals surface area contributed by atoms with Crippen molar-refractivity contribution >= 4 is 21.7 Å². The fourth-order valence-electron chi connectivity index (χ4n) is 1.72. The van der Waals surface area contributed by atoms with E-state index in [1.807, 2.05) is 0 Å². The second-order valence-corrected chi connectivity index (χ2v) is 6.23. The van der Waals surface area contributed by atoms with Gasteiger partial charge in [-0.05, 0) is 12.8 Å². The Morgan fingerprint density at radius 3 is 2.56 bits per heavy atom. The van der Waals surface area contributed by atoms with Crippen LogP contribution in [0.4, 0.5) is 0 Å². The van der Waals surface area contributed by atoms with Crippen LogP contribution in [0.3, 0.4) is 0 Å². The second-order valence-electron chi connectivity index (χ2n) is 4.09. The number of hydrogen-bond donors (Lipinski definition) is 1. The Morgan fingerprint density at radius 1 is 1.44 bits per heavy atom. The highest BCUT2D eigenvalue weighted by Gasteiger charge is 2.29. The highest BCUT2D eigenvalue weighted by molar-refractivity contribution is 7.91. The molecule has 0 bridgehead atoms. The van der Waals surface area contributed by atoms with Crippen molar-refractivity contribution in [2.75, 3.05) is 25.1 Å². The summed E-state index contributed by atoms with van der Waals surface area (Å²) in [7, 11) is -3.35. The van der Waals surface area contributed by atoms with Crippen molar-refractivity contribution in [2.24, 2.45) is 5.92 Å². The van der Waals surface area contributed by atoms with Crippen molar-refractivity contribution in [3.8, 4) is 0 Å². The van der Waals surface area contributed by atoms with Gasteiger partial charge in [0.05, 0.1) is 5.92 Å². The topological polar surface area (TPSA) is 91.8 Å². The van der Waals surface area contributed by atoms with Gasteiger partial charge in [0, 0.05) is 19.3 Å². The molecular formula is C9H15NO5S. The number of nitrogens with zero attached hydrogens (tertiary/aromatic N) is 1. The summed E-state index contributed by atoms with van der Waals surface area (Å²) in [5, 5.41) is 8.81. The molecule has 1 heterocycles. The molecule has 1 aliphatic rings. The van der Waals surface area contributed by atoms with E-state index in [2.05, 4.69) is 0 Å². The van der Waals surface area contributed by atoms with Crippen LogP contribution in [-0.2, 0) is 19.4 Å². The predicted molar refractivity (Wildman–Crippen MR) is 56.7 cm³/mol. The molecule has 92 valence electrons. The van der Waals surface area contributed by atoms with Gasteiger partial charge >= 0.3 is 5.97 Å². The fraction of sp³-hybridized carbons (Fsp3) is 0.778. The van der Waals surface area contributed by atoms with Crippen LogP contribution < -0.4 is 0 Å². The first kappa shape index (κ1) is 13.0. The lowest BCUT2D eigenvalue weighted by Crippen LogP contribution is -2.44. The summed E-state index contributed by atoms with van der Waals surface area (Å²) in [6.07, 6.45) is 2.13. The van der Waals surface area contributed by atoms with Gasteiger partial charge in [0.15, 0.2) is 9.84 Å².